The molecule has 0 aromatic heterocycles. The lowest BCUT2D eigenvalue weighted by molar-refractivity contribution is -0.225. The molecular formula is C33H38F2N2O3. The molecule has 212 valence electrons. The number of ether oxygens (including phenoxy) is 2. The van der Waals surface area contributed by atoms with Gasteiger partial charge in [-0.05, 0) is 96.0 Å². The van der Waals surface area contributed by atoms with E-state index < -0.39 is 18.0 Å². The number of carbonyl (C=O) groups excluding carboxylic acids is 1. The fourth-order valence-electron chi connectivity index (χ4n) is 5.50. The molecule has 2 atom stereocenters. The molecule has 4 N–H and O–H groups in total. The highest BCUT2D eigenvalue weighted by Crippen LogP contribution is 2.41. The van der Waals surface area contributed by atoms with Gasteiger partial charge in [0.05, 0.1) is 5.92 Å². The van der Waals surface area contributed by atoms with Crippen molar-refractivity contribution < 1.29 is 23.0 Å². The summed E-state index contributed by atoms with van der Waals surface area (Å²) in [5, 5.41) is 0. The molecular weight excluding hydrogens is 510 g/mol. The van der Waals surface area contributed by atoms with Crippen LogP contribution >= 0.6 is 0 Å². The maximum Gasteiger partial charge on any atom is 0.400 e. The van der Waals surface area contributed by atoms with Crippen molar-refractivity contribution in [3.05, 3.63) is 83.4 Å². The highest BCUT2D eigenvalue weighted by molar-refractivity contribution is 5.87. The molecule has 0 amide bonds. The molecule has 40 heavy (non-hydrogen) atoms. The third-order valence-electron chi connectivity index (χ3n) is 7.54. The number of nitrogen functional groups attached to an aromatic ring is 2. The van der Waals surface area contributed by atoms with Crippen molar-refractivity contribution in [1.29, 1.82) is 0 Å². The normalized spacial score (nSPS) is 17.6. The maximum atomic E-state index is 14.9. The smallest absolute Gasteiger partial charge is 0.400 e. The van der Waals surface area contributed by atoms with Crippen LogP contribution in [0.25, 0.3) is 17.2 Å². The van der Waals surface area contributed by atoms with Gasteiger partial charge in [-0.15, -0.1) is 0 Å². The van der Waals surface area contributed by atoms with Gasteiger partial charge in [-0.3, -0.25) is 0 Å². The Bertz CT molecular complexity index is 1340. The number of esters is 1. The third-order valence-corrected chi connectivity index (χ3v) is 7.54. The minimum atomic E-state index is -3.21. The predicted molar refractivity (Wildman–Crippen MR) is 157 cm³/mol. The van der Waals surface area contributed by atoms with E-state index >= 15 is 0 Å². The van der Waals surface area contributed by atoms with Gasteiger partial charge in [0.25, 0.3) is 0 Å². The van der Waals surface area contributed by atoms with E-state index in [9.17, 15) is 13.6 Å². The van der Waals surface area contributed by atoms with Gasteiger partial charge in [0.2, 0.25) is 0 Å². The third kappa shape index (κ3) is 7.62. The number of hydrogen-bond acceptors (Lipinski definition) is 5. The summed E-state index contributed by atoms with van der Waals surface area (Å²) in [6.45, 7) is 4.10. The summed E-state index contributed by atoms with van der Waals surface area (Å²) in [7, 11) is 0. The lowest BCUT2D eigenvalue weighted by Gasteiger charge is -2.33. The second-order valence-electron chi connectivity index (χ2n) is 10.7. The number of alkyl halides is 2. The fourth-order valence-corrected chi connectivity index (χ4v) is 5.50. The molecule has 0 aliphatic heterocycles. The number of aryl methyl sites for hydroxylation is 1. The Kier molecular flexibility index (Phi) is 9.46. The standard InChI is InChI=1S/C33H38F2N2O3/c1-3-5-24-6-4-7-26(19-24)33(34,35)40-29-13-8-23(9-14-29)10-17-32(38)39-21-25-20-28(37)12-16-31(25)30-15-11-27(36)18-22(30)2/h8-18,20,24,26H,3-7,19,21,36-37H2,1-2H3/b17-10+. The molecule has 3 aromatic rings. The summed E-state index contributed by atoms with van der Waals surface area (Å²) < 4.78 is 40.4. The topological polar surface area (TPSA) is 87.6 Å². The van der Waals surface area contributed by atoms with E-state index in [2.05, 4.69) is 6.92 Å². The first-order chi connectivity index (χ1) is 19.1. The zero-order valence-electron chi connectivity index (χ0n) is 23.2. The lowest BCUT2D eigenvalue weighted by Crippen LogP contribution is -2.37. The Balaban J connectivity index is 1.34. The van der Waals surface area contributed by atoms with Crippen molar-refractivity contribution in [2.45, 2.75) is 65.1 Å². The van der Waals surface area contributed by atoms with Crippen LogP contribution in [0.5, 0.6) is 5.75 Å². The molecule has 1 aliphatic rings. The average molecular weight is 549 g/mol. The van der Waals surface area contributed by atoms with Crippen molar-refractivity contribution in [2.75, 3.05) is 11.5 Å². The SMILES string of the molecule is CCCC1CCCC(C(F)(F)Oc2ccc(/C=C/C(=O)OCc3cc(N)ccc3-c3ccc(N)cc3C)cc2)C1. The molecule has 1 fully saturated rings. The van der Waals surface area contributed by atoms with Crippen LogP contribution in [0.4, 0.5) is 20.2 Å². The average Bonchev–Trinajstić information content (AvgIpc) is 2.92. The molecule has 1 aliphatic carbocycles. The van der Waals surface area contributed by atoms with E-state index in [1.165, 1.54) is 18.2 Å². The molecule has 0 radical (unpaired) electrons. The molecule has 4 rings (SSSR count). The number of halogens is 2. The van der Waals surface area contributed by atoms with E-state index in [1.54, 1.807) is 30.3 Å². The molecule has 0 saturated heterocycles. The maximum absolute atomic E-state index is 14.9. The van der Waals surface area contributed by atoms with E-state index in [0.29, 0.717) is 35.7 Å². The van der Waals surface area contributed by atoms with Crippen molar-refractivity contribution >= 4 is 23.4 Å². The number of rotatable bonds is 10. The summed E-state index contributed by atoms with van der Waals surface area (Å²) >= 11 is 0. The molecule has 0 bridgehead atoms. The summed E-state index contributed by atoms with van der Waals surface area (Å²) in [5.74, 6) is -0.850. The summed E-state index contributed by atoms with van der Waals surface area (Å²) in [6.07, 6.45) is 4.48. The highest BCUT2D eigenvalue weighted by atomic mass is 19.3. The Morgan fingerprint density at radius 2 is 1.70 bits per heavy atom. The first-order valence-corrected chi connectivity index (χ1v) is 13.9. The second-order valence-corrected chi connectivity index (χ2v) is 10.7. The number of hydrogen-bond donors (Lipinski definition) is 2. The number of anilines is 2. The number of benzene rings is 3. The molecule has 5 nitrogen and oxygen atoms in total. The molecule has 1 saturated carbocycles. The van der Waals surface area contributed by atoms with Crippen molar-refractivity contribution in [3.63, 3.8) is 0 Å². The zero-order valence-corrected chi connectivity index (χ0v) is 23.2. The fraction of sp³-hybridized carbons (Fsp3) is 0.364. The molecule has 0 spiro atoms. The van der Waals surface area contributed by atoms with Crippen LogP contribution in [-0.2, 0) is 16.1 Å². The van der Waals surface area contributed by atoms with Gasteiger partial charge in [0.1, 0.15) is 12.4 Å². The van der Waals surface area contributed by atoms with Gasteiger partial charge in [-0.1, -0.05) is 56.9 Å². The van der Waals surface area contributed by atoms with E-state index in [1.807, 2.05) is 31.2 Å². The van der Waals surface area contributed by atoms with Crippen LogP contribution in [0.2, 0.25) is 0 Å². The highest BCUT2D eigenvalue weighted by Gasteiger charge is 2.44. The van der Waals surface area contributed by atoms with Crippen LogP contribution < -0.4 is 16.2 Å². The quantitative estimate of drug-likeness (QED) is 0.152. The molecule has 2 unspecified atom stereocenters. The van der Waals surface area contributed by atoms with Gasteiger partial charge in [0, 0.05) is 17.5 Å². The van der Waals surface area contributed by atoms with Gasteiger partial charge in [-0.25, -0.2) is 4.79 Å². The van der Waals surface area contributed by atoms with Gasteiger partial charge in [0.15, 0.2) is 0 Å². The minimum absolute atomic E-state index is 0.0372. The number of carbonyl (C=O) groups is 1. The van der Waals surface area contributed by atoms with Crippen molar-refractivity contribution in [2.24, 2.45) is 11.8 Å². The Morgan fingerprint density at radius 3 is 2.40 bits per heavy atom. The van der Waals surface area contributed by atoms with E-state index in [4.69, 9.17) is 20.9 Å². The van der Waals surface area contributed by atoms with E-state index in [0.717, 1.165) is 47.9 Å². The summed E-state index contributed by atoms with van der Waals surface area (Å²) in [4.78, 5) is 12.5. The monoisotopic (exact) mass is 548 g/mol. The van der Waals surface area contributed by atoms with Crippen LogP contribution in [0.3, 0.4) is 0 Å². The van der Waals surface area contributed by atoms with Crippen LogP contribution in [-0.4, -0.2) is 12.1 Å². The first-order valence-electron chi connectivity index (χ1n) is 13.9. The molecule has 3 aromatic carbocycles. The Morgan fingerprint density at radius 1 is 1.00 bits per heavy atom. The lowest BCUT2D eigenvalue weighted by atomic mass is 9.79. The number of nitrogens with two attached hydrogens (primary N) is 2. The van der Waals surface area contributed by atoms with Gasteiger partial charge >= 0.3 is 12.1 Å². The summed E-state index contributed by atoms with van der Waals surface area (Å²) in [5.41, 5.74) is 17.4. The van der Waals surface area contributed by atoms with Crippen molar-refractivity contribution in [3.8, 4) is 16.9 Å². The van der Waals surface area contributed by atoms with E-state index in [-0.39, 0.29) is 12.4 Å². The van der Waals surface area contributed by atoms with Gasteiger partial charge in [-0.2, -0.15) is 8.78 Å². The van der Waals surface area contributed by atoms with Crippen LogP contribution in [0, 0.1) is 18.8 Å². The predicted octanol–water partition coefficient (Wildman–Crippen LogP) is 8.16. The van der Waals surface area contributed by atoms with Gasteiger partial charge < -0.3 is 20.9 Å². The summed E-state index contributed by atoms with van der Waals surface area (Å²) in [6, 6.07) is 17.4. The van der Waals surface area contributed by atoms with Crippen LogP contribution in [0.15, 0.2) is 66.7 Å². The molecule has 0 heterocycles. The zero-order chi connectivity index (χ0) is 28.7. The second kappa shape index (κ2) is 13.0. The van der Waals surface area contributed by atoms with Crippen molar-refractivity contribution in [1.82, 2.24) is 0 Å². The van der Waals surface area contributed by atoms with Crippen LogP contribution in [0.1, 0.15) is 62.1 Å². The largest absolute Gasteiger partial charge is 0.458 e. The Labute approximate surface area is 235 Å². The Hall–Kier alpha value is -3.87. The molecule has 7 heteroatoms. The minimum Gasteiger partial charge on any atom is -0.458 e. The first kappa shape index (κ1) is 29.1.